The monoisotopic (exact) mass is 257 g/mol. The van der Waals surface area contributed by atoms with Gasteiger partial charge in [0.25, 0.3) is 0 Å². The molecule has 106 valence electrons. The van der Waals surface area contributed by atoms with Gasteiger partial charge in [-0.2, -0.15) is 0 Å². The summed E-state index contributed by atoms with van der Waals surface area (Å²) < 4.78 is 5.43. The van der Waals surface area contributed by atoms with Crippen LogP contribution in [0.3, 0.4) is 0 Å². The number of likely N-dealkylation sites (N-methyl/N-ethyl adjacent to an activating group) is 1. The van der Waals surface area contributed by atoms with Gasteiger partial charge in [-0.25, -0.2) is 0 Å². The number of carbonyl (C=O) groups excluding carboxylic acids is 1. The number of nitrogens with zero attached hydrogens (tertiary/aromatic N) is 1. The number of piperidine rings is 1. The molecule has 2 N–H and O–H groups in total. The van der Waals surface area contributed by atoms with Crippen LogP contribution in [-0.2, 0) is 9.53 Å². The maximum absolute atomic E-state index is 11.8. The van der Waals surface area contributed by atoms with Gasteiger partial charge < -0.3 is 20.3 Å². The van der Waals surface area contributed by atoms with Crippen molar-refractivity contribution in [2.24, 2.45) is 5.92 Å². The Bertz CT molecular complexity index is 238. The Balaban J connectivity index is 2.00. The smallest absolute Gasteiger partial charge is 0.224 e. The van der Waals surface area contributed by atoms with Gasteiger partial charge in [0.05, 0.1) is 19.1 Å². The van der Waals surface area contributed by atoms with Crippen molar-refractivity contribution in [1.29, 1.82) is 0 Å². The van der Waals surface area contributed by atoms with Crippen molar-refractivity contribution in [3.63, 3.8) is 0 Å². The molecular weight excluding hydrogens is 230 g/mol. The number of rotatable bonds is 7. The quantitative estimate of drug-likeness (QED) is 0.634. The Morgan fingerprint density at radius 3 is 2.78 bits per heavy atom. The van der Waals surface area contributed by atoms with E-state index in [9.17, 15) is 4.79 Å². The zero-order valence-electron chi connectivity index (χ0n) is 11.9. The zero-order chi connectivity index (χ0) is 13.4. The van der Waals surface area contributed by atoms with Crippen LogP contribution in [0.25, 0.3) is 0 Å². The first-order valence-corrected chi connectivity index (χ1v) is 6.83. The second kappa shape index (κ2) is 8.45. The van der Waals surface area contributed by atoms with E-state index < -0.39 is 0 Å². The summed E-state index contributed by atoms with van der Waals surface area (Å²) in [6.07, 6.45) is 2.07. The predicted octanol–water partition coefficient (Wildman–Crippen LogP) is 0.0689. The lowest BCUT2D eigenvalue weighted by atomic mass is 9.95. The van der Waals surface area contributed by atoms with E-state index in [-0.39, 0.29) is 11.8 Å². The van der Waals surface area contributed by atoms with Crippen LogP contribution >= 0.6 is 0 Å². The van der Waals surface area contributed by atoms with Gasteiger partial charge in [-0.3, -0.25) is 4.79 Å². The highest BCUT2D eigenvalue weighted by Crippen LogP contribution is 2.13. The molecule has 2 atom stereocenters. The van der Waals surface area contributed by atoms with Gasteiger partial charge in [0.15, 0.2) is 0 Å². The minimum atomic E-state index is 0.128. The van der Waals surface area contributed by atoms with Crippen molar-refractivity contribution in [1.82, 2.24) is 15.5 Å². The zero-order valence-corrected chi connectivity index (χ0v) is 11.9. The summed E-state index contributed by atoms with van der Waals surface area (Å²) >= 11 is 0. The van der Waals surface area contributed by atoms with Crippen LogP contribution in [0, 0.1) is 5.92 Å². The lowest BCUT2D eigenvalue weighted by Gasteiger charge is -2.26. The second-order valence-electron chi connectivity index (χ2n) is 5.29. The molecule has 18 heavy (non-hydrogen) atoms. The number of hydrogen-bond donors (Lipinski definition) is 2. The second-order valence-corrected chi connectivity index (χ2v) is 5.29. The summed E-state index contributed by atoms with van der Waals surface area (Å²) in [5.41, 5.74) is 0. The molecule has 0 saturated carbocycles. The van der Waals surface area contributed by atoms with Crippen molar-refractivity contribution in [3.8, 4) is 0 Å². The largest absolute Gasteiger partial charge is 0.378 e. The summed E-state index contributed by atoms with van der Waals surface area (Å²) in [6.45, 7) is 5.79. The van der Waals surface area contributed by atoms with Crippen molar-refractivity contribution in [2.75, 3.05) is 46.9 Å². The molecule has 0 aromatic rings. The van der Waals surface area contributed by atoms with Crippen LogP contribution in [0.4, 0.5) is 0 Å². The molecule has 1 fully saturated rings. The molecule has 1 aliphatic rings. The van der Waals surface area contributed by atoms with Gasteiger partial charge in [-0.05, 0) is 33.9 Å². The van der Waals surface area contributed by atoms with Crippen LogP contribution in [0.5, 0.6) is 0 Å². The van der Waals surface area contributed by atoms with Gasteiger partial charge >= 0.3 is 0 Å². The fourth-order valence-corrected chi connectivity index (χ4v) is 1.96. The maximum atomic E-state index is 11.8. The minimum Gasteiger partial charge on any atom is -0.378 e. The average molecular weight is 257 g/mol. The molecule has 0 aliphatic carbocycles. The molecule has 0 aromatic heterocycles. The van der Waals surface area contributed by atoms with E-state index in [0.717, 1.165) is 25.9 Å². The fraction of sp³-hybridized carbons (Fsp3) is 0.923. The van der Waals surface area contributed by atoms with Crippen molar-refractivity contribution < 1.29 is 9.53 Å². The van der Waals surface area contributed by atoms with Crippen LogP contribution in [0.2, 0.25) is 0 Å². The first-order valence-electron chi connectivity index (χ1n) is 6.83. The number of ether oxygens (including phenoxy) is 1. The molecule has 0 spiro atoms. The van der Waals surface area contributed by atoms with Gasteiger partial charge in [-0.15, -0.1) is 0 Å². The standard InChI is InChI=1S/C13H27N3O2/c1-11-4-5-12(10-15-11)13(17)14-6-8-18-9-7-16(2)3/h11-12,15H,4-10H2,1-3H3,(H,14,17). The van der Waals surface area contributed by atoms with Crippen molar-refractivity contribution in [3.05, 3.63) is 0 Å². The number of hydrogen-bond acceptors (Lipinski definition) is 4. The lowest BCUT2D eigenvalue weighted by Crippen LogP contribution is -2.44. The molecule has 1 aliphatic heterocycles. The highest BCUT2D eigenvalue weighted by Gasteiger charge is 2.23. The van der Waals surface area contributed by atoms with Crippen LogP contribution in [0.1, 0.15) is 19.8 Å². The number of amides is 1. The van der Waals surface area contributed by atoms with Gasteiger partial charge in [0.1, 0.15) is 0 Å². The molecule has 2 unspecified atom stereocenters. The van der Waals surface area contributed by atoms with E-state index in [1.165, 1.54) is 0 Å². The number of carbonyl (C=O) groups is 1. The van der Waals surface area contributed by atoms with Gasteiger partial charge in [-0.1, -0.05) is 0 Å². The first kappa shape index (κ1) is 15.4. The molecule has 5 nitrogen and oxygen atoms in total. The van der Waals surface area contributed by atoms with E-state index >= 15 is 0 Å². The third-order valence-electron chi connectivity index (χ3n) is 3.26. The Labute approximate surface area is 110 Å². The molecule has 0 radical (unpaired) electrons. The highest BCUT2D eigenvalue weighted by atomic mass is 16.5. The summed E-state index contributed by atoms with van der Waals surface area (Å²) in [6, 6.07) is 0.545. The molecule has 1 saturated heterocycles. The molecule has 0 bridgehead atoms. The fourth-order valence-electron chi connectivity index (χ4n) is 1.96. The van der Waals surface area contributed by atoms with Gasteiger partial charge in [0, 0.05) is 25.7 Å². The summed E-state index contributed by atoms with van der Waals surface area (Å²) in [4.78, 5) is 13.9. The molecule has 1 rings (SSSR count). The van der Waals surface area contributed by atoms with E-state index in [1.54, 1.807) is 0 Å². The Hall–Kier alpha value is -0.650. The molecule has 1 heterocycles. The summed E-state index contributed by atoms with van der Waals surface area (Å²) in [5.74, 6) is 0.286. The molecule has 0 aromatic carbocycles. The minimum absolute atomic E-state index is 0.128. The van der Waals surface area contributed by atoms with Crippen LogP contribution < -0.4 is 10.6 Å². The van der Waals surface area contributed by atoms with Crippen molar-refractivity contribution in [2.45, 2.75) is 25.8 Å². The molecular formula is C13H27N3O2. The molecule has 1 amide bonds. The summed E-state index contributed by atoms with van der Waals surface area (Å²) in [7, 11) is 4.03. The van der Waals surface area contributed by atoms with Gasteiger partial charge in [0.2, 0.25) is 5.91 Å². The Morgan fingerprint density at radius 2 is 2.17 bits per heavy atom. The maximum Gasteiger partial charge on any atom is 0.224 e. The third kappa shape index (κ3) is 6.33. The summed E-state index contributed by atoms with van der Waals surface area (Å²) in [5, 5.41) is 6.28. The van der Waals surface area contributed by atoms with Crippen LogP contribution in [0.15, 0.2) is 0 Å². The first-order chi connectivity index (χ1) is 8.59. The Morgan fingerprint density at radius 1 is 1.39 bits per heavy atom. The van der Waals surface area contributed by atoms with Crippen molar-refractivity contribution >= 4 is 5.91 Å². The van der Waals surface area contributed by atoms with E-state index in [2.05, 4.69) is 22.5 Å². The topological polar surface area (TPSA) is 53.6 Å². The number of nitrogens with one attached hydrogen (secondary N) is 2. The lowest BCUT2D eigenvalue weighted by molar-refractivity contribution is -0.125. The highest BCUT2D eigenvalue weighted by molar-refractivity contribution is 5.78. The third-order valence-corrected chi connectivity index (χ3v) is 3.26. The van der Waals surface area contributed by atoms with E-state index in [0.29, 0.717) is 25.8 Å². The van der Waals surface area contributed by atoms with E-state index in [1.807, 2.05) is 14.1 Å². The average Bonchev–Trinajstić information content (AvgIpc) is 2.34. The SMILES string of the molecule is CC1CCC(C(=O)NCCOCCN(C)C)CN1. The van der Waals surface area contributed by atoms with E-state index in [4.69, 9.17) is 4.74 Å². The predicted molar refractivity (Wildman–Crippen MR) is 72.6 cm³/mol. The van der Waals surface area contributed by atoms with Crippen LogP contribution in [-0.4, -0.2) is 63.8 Å². The normalized spacial score (nSPS) is 24.2. The Kier molecular flexibility index (Phi) is 7.23. The molecule has 5 heteroatoms.